The molecule has 1 aliphatic carbocycles. The lowest BCUT2D eigenvalue weighted by Gasteiger charge is -2.40. The second-order valence-electron chi connectivity index (χ2n) is 8.96. The standard InChI is InChI=1S/C25H30N4O3/c1-16-20(13-14-30)28-29(17-9-5-4-6-10-17)23(16)27-24(32)26-22-18-11-7-8-12-19(18)25(2,3)15-21(22)31/h4-12,21-22,30-31H,13-15H2,1-3H3,(H2,26,27,32)/t21-,22-/m0/s1. The minimum Gasteiger partial charge on any atom is -0.396 e. The van der Waals surface area contributed by atoms with Gasteiger partial charge in [-0.1, -0.05) is 56.3 Å². The van der Waals surface area contributed by atoms with E-state index in [0.29, 0.717) is 18.7 Å². The number of anilines is 1. The Morgan fingerprint density at radius 2 is 1.84 bits per heavy atom. The predicted molar refractivity (Wildman–Crippen MR) is 124 cm³/mol. The zero-order valence-electron chi connectivity index (χ0n) is 18.7. The number of rotatable bonds is 5. The number of carbonyl (C=O) groups excluding carboxylic acids is 1. The minimum atomic E-state index is -0.698. The molecule has 1 aromatic heterocycles. The average Bonchev–Trinajstić information content (AvgIpc) is 3.07. The van der Waals surface area contributed by atoms with Crippen LogP contribution in [0.3, 0.4) is 0 Å². The summed E-state index contributed by atoms with van der Waals surface area (Å²) < 4.78 is 1.67. The number of nitrogens with one attached hydrogen (secondary N) is 2. The number of aliphatic hydroxyl groups excluding tert-OH is 2. The summed E-state index contributed by atoms with van der Waals surface area (Å²) in [6.07, 6.45) is 0.248. The van der Waals surface area contributed by atoms with Crippen molar-refractivity contribution < 1.29 is 15.0 Å². The Morgan fingerprint density at radius 3 is 2.56 bits per heavy atom. The number of hydrogen-bond donors (Lipinski definition) is 4. The van der Waals surface area contributed by atoms with E-state index in [1.807, 2.05) is 55.5 Å². The number of aliphatic hydroxyl groups is 2. The molecule has 4 N–H and O–H groups in total. The number of benzene rings is 2. The van der Waals surface area contributed by atoms with Gasteiger partial charge in [0.05, 0.1) is 23.5 Å². The van der Waals surface area contributed by atoms with Crippen LogP contribution in [0.25, 0.3) is 5.69 Å². The van der Waals surface area contributed by atoms with Crippen molar-refractivity contribution in [1.29, 1.82) is 0 Å². The van der Waals surface area contributed by atoms with Gasteiger partial charge in [0.1, 0.15) is 5.82 Å². The summed E-state index contributed by atoms with van der Waals surface area (Å²) in [5.41, 5.74) is 4.21. The van der Waals surface area contributed by atoms with Crippen molar-refractivity contribution in [3.8, 4) is 5.69 Å². The first-order valence-electron chi connectivity index (χ1n) is 10.9. The van der Waals surface area contributed by atoms with Crippen LogP contribution in [0.5, 0.6) is 0 Å². The molecule has 168 valence electrons. The van der Waals surface area contributed by atoms with Gasteiger partial charge in [-0.05, 0) is 42.0 Å². The van der Waals surface area contributed by atoms with E-state index in [0.717, 1.165) is 28.1 Å². The number of amides is 2. The molecule has 1 heterocycles. The Balaban J connectivity index is 1.62. The van der Waals surface area contributed by atoms with Crippen molar-refractivity contribution in [2.24, 2.45) is 0 Å². The number of fused-ring (bicyclic) bond motifs is 1. The van der Waals surface area contributed by atoms with E-state index in [9.17, 15) is 15.0 Å². The monoisotopic (exact) mass is 434 g/mol. The number of nitrogens with zero attached hydrogens (tertiary/aromatic N) is 2. The fourth-order valence-corrected chi connectivity index (χ4v) is 4.59. The summed E-state index contributed by atoms with van der Waals surface area (Å²) >= 11 is 0. The largest absolute Gasteiger partial charge is 0.396 e. The fourth-order valence-electron chi connectivity index (χ4n) is 4.59. The van der Waals surface area contributed by atoms with Crippen LogP contribution in [0, 0.1) is 6.92 Å². The van der Waals surface area contributed by atoms with E-state index < -0.39 is 18.2 Å². The van der Waals surface area contributed by atoms with Crippen LogP contribution in [-0.2, 0) is 11.8 Å². The van der Waals surface area contributed by atoms with Crippen LogP contribution < -0.4 is 10.6 Å². The molecule has 0 bridgehead atoms. The zero-order chi connectivity index (χ0) is 22.9. The minimum absolute atomic E-state index is 0.0287. The molecule has 4 rings (SSSR count). The molecule has 0 aliphatic heterocycles. The molecule has 1 aliphatic rings. The Hall–Kier alpha value is -3.16. The van der Waals surface area contributed by atoms with Gasteiger partial charge >= 0.3 is 6.03 Å². The van der Waals surface area contributed by atoms with Crippen molar-refractivity contribution >= 4 is 11.8 Å². The molecule has 2 aromatic carbocycles. The van der Waals surface area contributed by atoms with Crippen molar-refractivity contribution in [3.05, 3.63) is 77.0 Å². The predicted octanol–water partition coefficient (Wildman–Crippen LogP) is 3.62. The molecule has 2 atom stereocenters. The lowest BCUT2D eigenvalue weighted by atomic mass is 9.70. The topological polar surface area (TPSA) is 99.4 Å². The summed E-state index contributed by atoms with van der Waals surface area (Å²) in [6, 6.07) is 16.5. The molecule has 7 nitrogen and oxygen atoms in total. The molecular weight excluding hydrogens is 404 g/mol. The third-order valence-electron chi connectivity index (χ3n) is 6.22. The summed E-state index contributed by atoms with van der Waals surface area (Å²) in [7, 11) is 0. The molecule has 0 saturated heterocycles. The van der Waals surface area contributed by atoms with E-state index in [4.69, 9.17) is 0 Å². The van der Waals surface area contributed by atoms with E-state index in [2.05, 4.69) is 35.6 Å². The number of para-hydroxylation sites is 1. The molecule has 0 radical (unpaired) electrons. The van der Waals surface area contributed by atoms with Gasteiger partial charge in [0.15, 0.2) is 0 Å². The van der Waals surface area contributed by atoms with Gasteiger partial charge in [0, 0.05) is 18.6 Å². The first-order chi connectivity index (χ1) is 15.3. The zero-order valence-corrected chi connectivity index (χ0v) is 18.7. The first-order valence-corrected chi connectivity index (χ1v) is 10.9. The second kappa shape index (κ2) is 8.76. The lowest BCUT2D eigenvalue weighted by molar-refractivity contribution is 0.0883. The van der Waals surface area contributed by atoms with E-state index in [-0.39, 0.29) is 12.0 Å². The van der Waals surface area contributed by atoms with E-state index in [1.165, 1.54) is 0 Å². The second-order valence-corrected chi connectivity index (χ2v) is 8.96. The Labute approximate surface area is 188 Å². The quantitative estimate of drug-likeness (QED) is 0.493. The van der Waals surface area contributed by atoms with Crippen LogP contribution in [0.2, 0.25) is 0 Å². The summed E-state index contributed by atoms with van der Waals surface area (Å²) in [5.74, 6) is 0.538. The molecule has 0 spiro atoms. The van der Waals surface area contributed by atoms with Gasteiger partial charge in [0.2, 0.25) is 0 Å². The van der Waals surface area contributed by atoms with Crippen LogP contribution in [0.4, 0.5) is 10.6 Å². The Bertz CT molecular complexity index is 1110. The van der Waals surface area contributed by atoms with Crippen molar-refractivity contribution in [3.63, 3.8) is 0 Å². The molecule has 32 heavy (non-hydrogen) atoms. The lowest BCUT2D eigenvalue weighted by Crippen LogP contribution is -2.45. The molecule has 7 heteroatoms. The van der Waals surface area contributed by atoms with E-state index >= 15 is 0 Å². The van der Waals surface area contributed by atoms with Crippen LogP contribution in [0.1, 0.15) is 48.7 Å². The third-order valence-corrected chi connectivity index (χ3v) is 6.22. The Kier molecular flexibility index (Phi) is 6.04. The normalized spacial score (nSPS) is 19.3. The van der Waals surface area contributed by atoms with Gasteiger partial charge in [0.25, 0.3) is 0 Å². The summed E-state index contributed by atoms with van der Waals surface area (Å²) in [4.78, 5) is 13.1. The Morgan fingerprint density at radius 1 is 1.16 bits per heavy atom. The molecule has 0 unspecified atom stereocenters. The highest BCUT2D eigenvalue weighted by Gasteiger charge is 2.39. The number of urea groups is 1. The van der Waals surface area contributed by atoms with Crippen LogP contribution in [-0.4, -0.2) is 38.7 Å². The van der Waals surface area contributed by atoms with Crippen LogP contribution >= 0.6 is 0 Å². The van der Waals surface area contributed by atoms with Gasteiger partial charge < -0.3 is 15.5 Å². The maximum absolute atomic E-state index is 13.1. The van der Waals surface area contributed by atoms with Crippen molar-refractivity contribution in [1.82, 2.24) is 15.1 Å². The molecule has 0 saturated carbocycles. The molecule has 0 fully saturated rings. The highest BCUT2D eigenvalue weighted by atomic mass is 16.3. The third kappa shape index (κ3) is 4.13. The van der Waals surface area contributed by atoms with Crippen LogP contribution in [0.15, 0.2) is 54.6 Å². The SMILES string of the molecule is Cc1c(CCO)nn(-c2ccccc2)c1NC(=O)N[C@H]1c2ccccc2C(C)(C)C[C@@H]1O. The van der Waals surface area contributed by atoms with Crippen molar-refractivity contribution in [2.75, 3.05) is 11.9 Å². The maximum atomic E-state index is 13.1. The smallest absolute Gasteiger partial charge is 0.320 e. The maximum Gasteiger partial charge on any atom is 0.320 e. The number of hydrogen-bond acceptors (Lipinski definition) is 4. The highest BCUT2D eigenvalue weighted by molar-refractivity contribution is 5.90. The van der Waals surface area contributed by atoms with Gasteiger partial charge in [-0.15, -0.1) is 0 Å². The highest BCUT2D eigenvalue weighted by Crippen LogP contribution is 2.41. The van der Waals surface area contributed by atoms with Gasteiger partial charge in [-0.25, -0.2) is 9.48 Å². The average molecular weight is 435 g/mol. The molecule has 3 aromatic rings. The molecular formula is C25H30N4O3. The van der Waals surface area contributed by atoms with Gasteiger partial charge in [-0.2, -0.15) is 5.10 Å². The first kappa shape index (κ1) is 22.0. The van der Waals surface area contributed by atoms with E-state index in [1.54, 1.807) is 4.68 Å². The summed E-state index contributed by atoms with van der Waals surface area (Å²) in [5, 5.41) is 30.7. The number of carbonyl (C=O) groups is 1. The summed E-state index contributed by atoms with van der Waals surface area (Å²) in [6.45, 7) is 6.06. The van der Waals surface area contributed by atoms with Gasteiger partial charge in [-0.3, -0.25) is 5.32 Å². The fraction of sp³-hybridized carbons (Fsp3) is 0.360. The molecule has 2 amide bonds. The van der Waals surface area contributed by atoms with Crippen molar-refractivity contribution in [2.45, 2.75) is 51.2 Å². The number of aromatic nitrogens is 2.